The molecule has 1 aromatic carbocycles. The van der Waals surface area contributed by atoms with Gasteiger partial charge in [0.05, 0.1) is 5.56 Å². The van der Waals surface area contributed by atoms with Gasteiger partial charge in [-0.2, -0.15) is 13.2 Å². The van der Waals surface area contributed by atoms with Crippen LogP contribution in [0.25, 0.3) is 0 Å². The highest BCUT2D eigenvalue weighted by molar-refractivity contribution is 6.30. The zero-order chi connectivity index (χ0) is 14.8. The quantitative estimate of drug-likeness (QED) is 0.825. The summed E-state index contributed by atoms with van der Waals surface area (Å²) in [4.78, 5) is 2.15. The highest BCUT2D eigenvalue weighted by Gasteiger charge is 2.34. The van der Waals surface area contributed by atoms with Crippen LogP contribution in [0.2, 0.25) is 5.02 Å². The molecule has 1 saturated heterocycles. The Kier molecular flexibility index (Phi) is 4.81. The van der Waals surface area contributed by atoms with Gasteiger partial charge in [0.1, 0.15) is 0 Å². The molecule has 112 valence electrons. The smallest absolute Gasteiger partial charge is 0.398 e. The zero-order valence-electron chi connectivity index (χ0n) is 11.1. The molecule has 0 spiro atoms. The predicted molar refractivity (Wildman–Crippen MR) is 74.6 cm³/mol. The van der Waals surface area contributed by atoms with Crippen LogP contribution in [0.1, 0.15) is 36.8 Å². The van der Waals surface area contributed by atoms with E-state index in [1.54, 1.807) is 0 Å². The van der Waals surface area contributed by atoms with Crippen LogP contribution in [0.3, 0.4) is 0 Å². The summed E-state index contributed by atoms with van der Waals surface area (Å²) in [6, 6.07) is 2.43. The molecule has 2 nitrogen and oxygen atoms in total. The Morgan fingerprint density at radius 3 is 2.25 bits per heavy atom. The third-order valence-electron chi connectivity index (χ3n) is 3.63. The first-order chi connectivity index (χ1) is 9.38. The molecule has 0 aromatic heterocycles. The highest BCUT2D eigenvalue weighted by atomic mass is 35.5. The van der Waals surface area contributed by atoms with Crippen molar-refractivity contribution in [3.05, 3.63) is 28.3 Å². The van der Waals surface area contributed by atoms with Crippen LogP contribution in [-0.4, -0.2) is 18.0 Å². The third kappa shape index (κ3) is 3.79. The summed E-state index contributed by atoms with van der Waals surface area (Å²) < 4.78 is 38.7. The van der Waals surface area contributed by atoms with Crippen LogP contribution < -0.4 is 5.73 Å². The first-order valence-corrected chi connectivity index (χ1v) is 7.13. The molecule has 1 aromatic rings. The fourth-order valence-electron chi connectivity index (χ4n) is 2.58. The van der Waals surface area contributed by atoms with Crippen LogP contribution in [0.15, 0.2) is 12.1 Å². The Balaban J connectivity index is 2.24. The number of hydrogen-bond acceptors (Lipinski definition) is 2. The van der Waals surface area contributed by atoms with E-state index in [1.807, 2.05) is 0 Å². The summed E-state index contributed by atoms with van der Waals surface area (Å²) in [5, 5.41) is 0.0800. The molecule has 0 saturated carbocycles. The van der Waals surface area contributed by atoms with Gasteiger partial charge in [0.15, 0.2) is 0 Å². The minimum Gasteiger partial charge on any atom is -0.398 e. The topological polar surface area (TPSA) is 29.3 Å². The predicted octanol–water partition coefficient (Wildman–Crippen LogP) is 4.32. The number of nitrogens with two attached hydrogens (primary N) is 1. The molecule has 0 aliphatic carbocycles. The lowest BCUT2D eigenvalue weighted by Crippen LogP contribution is -2.25. The van der Waals surface area contributed by atoms with E-state index in [9.17, 15) is 13.2 Å². The summed E-state index contributed by atoms with van der Waals surface area (Å²) in [5.41, 5.74) is 5.11. The fourth-order valence-corrected chi connectivity index (χ4v) is 2.82. The van der Waals surface area contributed by atoms with Gasteiger partial charge in [0.25, 0.3) is 0 Å². The van der Waals surface area contributed by atoms with E-state index in [4.69, 9.17) is 17.3 Å². The van der Waals surface area contributed by atoms with Crippen LogP contribution >= 0.6 is 11.6 Å². The van der Waals surface area contributed by atoms with Crippen molar-refractivity contribution < 1.29 is 13.2 Å². The van der Waals surface area contributed by atoms with Gasteiger partial charge in [-0.05, 0) is 43.6 Å². The van der Waals surface area contributed by atoms with Crippen molar-refractivity contribution >= 4 is 17.3 Å². The normalized spacial score (nSPS) is 18.0. The molecule has 1 heterocycles. The third-order valence-corrected chi connectivity index (χ3v) is 3.85. The van der Waals surface area contributed by atoms with E-state index >= 15 is 0 Å². The van der Waals surface area contributed by atoms with E-state index in [0.717, 1.165) is 32.0 Å². The lowest BCUT2D eigenvalue weighted by molar-refractivity contribution is -0.136. The maximum Gasteiger partial charge on any atom is 0.418 e. The first kappa shape index (κ1) is 15.4. The van der Waals surface area contributed by atoms with E-state index in [2.05, 4.69) is 4.90 Å². The Hall–Kier alpha value is -0.940. The number of alkyl halides is 3. The van der Waals surface area contributed by atoms with Crippen molar-refractivity contribution in [2.24, 2.45) is 0 Å². The van der Waals surface area contributed by atoms with E-state index in [0.29, 0.717) is 12.1 Å². The van der Waals surface area contributed by atoms with Gasteiger partial charge in [-0.3, -0.25) is 4.90 Å². The molecule has 6 heteroatoms. The Bertz CT molecular complexity index is 466. The van der Waals surface area contributed by atoms with Gasteiger partial charge in [-0.25, -0.2) is 0 Å². The molecule has 2 rings (SSSR count). The van der Waals surface area contributed by atoms with Crippen molar-refractivity contribution in [2.75, 3.05) is 18.8 Å². The summed E-state index contributed by atoms with van der Waals surface area (Å²) in [7, 11) is 0. The number of benzene rings is 1. The number of halogens is 4. The van der Waals surface area contributed by atoms with Crippen LogP contribution in [0.5, 0.6) is 0 Å². The van der Waals surface area contributed by atoms with Crippen LogP contribution in [0, 0.1) is 0 Å². The molecule has 0 bridgehead atoms. The largest absolute Gasteiger partial charge is 0.418 e. The second-order valence-electron chi connectivity index (χ2n) is 5.21. The molecule has 0 radical (unpaired) electrons. The average Bonchev–Trinajstić information content (AvgIpc) is 2.60. The Morgan fingerprint density at radius 1 is 1.10 bits per heavy atom. The van der Waals surface area contributed by atoms with Crippen molar-refractivity contribution in [3.8, 4) is 0 Å². The fraction of sp³-hybridized carbons (Fsp3) is 0.571. The van der Waals surface area contributed by atoms with Crippen LogP contribution in [-0.2, 0) is 12.7 Å². The molecule has 1 aliphatic rings. The number of hydrogen-bond donors (Lipinski definition) is 1. The van der Waals surface area contributed by atoms with Crippen molar-refractivity contribution in [3.63, 3.8) is 0 Å². The average molecular weight is 307 g/mol. The minimum absolute atomic E-state index is 0.0800. The molecular formula is C14H18ClF3N2. The molecule has 2 N–H and O–H groups in total. The Morgan fingerprint density at radius 2 is 1.70 bits per heavy atom. The summed E-state index contributed by atoms with van der Waals surface area (Å²) in [6.07, 6.45) is 0.0341. The molecule has 0 amide bonds. The molecule has 1 aliphatic heterocycles. The van der Waals surface area contributed by atoms with Crippen LogP contribution in [0.4, 0.5) is 18.9 Å². The van der Waals surface area contributed by atoms with E-state index < -0.39 is 11.7 Å². The van der Waals surface area contributed by atoms with Gasteiger partial charge in [-0.1, -0.05) is 24.4 Å². The molecule has 0 atom stereocenters. The lowest BCUT2D eigenvalue weighted by Gasteiger charge is -2.22. The molecule has 20 heavy (non-hydrogen) atoms. The highest BCUT2D eigenvalue weighted by Crippen LogP contribution is 2.37. The van der Waals surface area contributed by atoms with Gasteiger partial charge in [0, 0.05) is 17.3 Å². The van der Waals surface area contributed by atoms with Crippen molar-refractivity contribution in [2.45, 2.75) is 38.4 Å². The first-order valence-electron chi connectivity index (χ1n) is 6.75. The van der Waals surface area contributed by atoms with E-state index in [-0.39, 0.29) is 10.7 Å². The second kappa shape index (κ2) is 6.22. The van der Waals surface area contributed by atoms with Gasteiger partial charge in [0.2, 0.25) is 0 Å². The number of likely N-dealkylation sites (tertiary alicyclic amines) is 1. The number of anilines is 1. The van der Waals surface area contributed by atoms with Gasteiger partial charge < -0.3 is 5.73 Å². The summed E-state index contributed by atoms with van der Waals surface area (Å²) in [6.45, 7) is 2.22. The van der Waals surface area contributed by atoms with E-state index in [1.165, 1.54) is 18.9 Å². The maximum absolute atomic E-state index is 12.9. The minimum atomic E-state index is -4.47. The summed E-state index contributed by atoms with van der Waals surface area (Å²) in [5.74, 6) is 0. The standard InChI is InChI=1S/C14H18ClF3N2/c15-11-7-10(9-20-5-3-1-2-4-6-20)13(19)12(8-11)14(16,17)18/h7-8H,1-6,9,19H2. The maximum atomic E-state index is 12.9. The zero-order valence-corrected chi connectivity index (χ0v) is 11.9. The number of nitrogen functional groups attached to an aromatic ring is 1. The monoisotopic (exact) mass is 306 g/mol. The molecular weight excluding hydrogens is 289 g/mol. The molecule has 1 fully saturated rings. The number of rotatable bonds is 2. The molecule has 0 unspecified atom stereocenters. The Labute approximate surface area is 121 Å². The summed E-state index contributed by atoms with van der Waals surface area (Å²) >= 11 is 5.80. The van der Waals surface area contributed by atoms with Gasteiger partial charge in [-0.15, -0.1) is 0 Å². The lowest BCUT2D eigenvalue weighted by atomic mass is 10.1. The second-order valence-corrected chi connectivity index (χ2v) is 5.65. The van der Waals surface area contributed by atoms with Crippen molar-refractivity contribution in [1.29, 1.82) is 0 Å². The van der Waals surface area contributed by atoms with Gasteiger partial charge >= 0.3 is 6.18 Å². The number of nitrogens with zero attached hydrogens (tertiary/aromatic N) is 1. The SMILES string of the molecule is Nc1c(CN2CCCCCC2)cc(Cl)cc1C(F)(F)F. The van der Waals surface area contributed by atoms with Crippen molar-refractivity contribution in [1.82, 2.24) is 4.90 Å².